The largest absolute Gasteiger partial charge is 0.478 e. The molecule has 106 valence electrons. The molecule has 0 aliphatic heterocycles. The number of carboxylic acids is 1. The molecule has 2 aromatic rings. The molecule has 1 aromatic heterocycles. The van der Waals surface area contributed by atoms with E-state index in [1.165, 1.54) is 24.7 Å². The third kappa shape index (κ3) is 3.16. The van der Waals surface area contributed by atoms with Gasteiger partial charge in [-0.05, 0) is 18.2 Å². The van der Waals surface area contributed by atoms with E-state index in [0.29, 0.717) is 5.69 Å². The van der Waals surface area contributed by atoms with E-state index in [0.717, 1.165) is 6.07 Å². The van der Waals surface area contributed by atoms with Crippen molar-refractivity contribution in [2.45, 2.75) is 11.4 Å². The summed E-state index contributed by atoms with van der Waals surface area (Å²) >= 11 is 5.81. The molecule has 2 rings (SSSR count). The van der Waals surface area contributed by atoms with E-state index in [4.69, 9.17) is 16.7 Å². The average Bonchev–Trinajstić information content (AvgIpc) is 2.89. The summed E-state index contributed by atoms with van der Waals surface area (Å²) in [5.41, 5.74) is 0.412. The van der Waals surface area contributed by atoms with E-state index < -0.39 is 16.0 Å². The van der Waals surface area contributed by atoms with Crippen LogP contribution in [-0.4, -0.2) is 29.5 Å². The van der Waals surface area contributed by atoms with Crippen molar-refractivity contribution < 1.29 is 18.3 Å². The fourth-order valence-corrected chi connectivity index (χ4v) is 3.00. The Hall–Kier alpha value is -1.90. The molecule has 9 heteroatoms. The van der Waals surface area contributed by atoms with Gasteiger partial charge >= 0.3 is 5.97 Å². The van der Waals surface area contributed by atoms with Crippen LogP contribution in [0.2, 0.25) is 5.02 Å². The van der Waals surface area contributed by atoms with Crippen LogP contribution < -0.4 is 4.72 Å². The molecular weight excluding hydrogens is 306 g/mol. The number of benzene rings is 1. The second-order valence-electron chi connectivity index (χ2n) is 3.85. The van der Waals surface area contributed by atoms with Gasteiger partial charge in [0.05, 0.1) is 23.5 Å². The molecule has 0 fully saturated rings. The number of aromatic amines is 1. The van der Waals surface area contributed by atoms with Crippen molar-refractivity contribution in [3.05, 3.63) is 47.0 Å². The maximum Gasteiger partial charge on any atom is 0.335 e. The molecule has 0 radical (unpaired) electrons. The molecule has 1 aromatic carbocycles. The standard InChI is InChI=1S/C11H10ClN3O4S/c12-9-2-1-7(11(16)17)3-10(9)20(18,19)15-5-8-4-13-6-14-8/h1-4,6,15H,5H2,(H,13,14)(H,16,17). The molecule has 0 saturated heterocycles. The molecular formula is C11H10ClN3O4S. The molecule has 20 heavy (non-hydrogen) atoms. The van der Waals surface area contributed by atoms with Crippen molar-refractivity contribution >= 4 is 27.6 Å². The van der Waals surface area contributed by atoms with Crippen molar-refractivity contribution in [1.82, 2.24) is 14.7 Å². The molecule has 0 saturated carbocycles. The van der Waals surface area contributed by atoms with Crippen molar-refractivity contribution in [2.75, 3.05) is 0 Å². The number of imidazole rings is 1. The van der Waals surface area contributed by atoms with Crippen LogP contribution in [0.25, 0.3) is 0 Å². The van der Waals surface area contributed by atoms with Gasteiger partial charge in [-0.1, -0.05) is 11.6 Å². The molecule has 0 atom stereocenters. The van der Waals surface area contributed by atoms with Gasteiger partial charge in [0.2, 0.25) is 10.0 Å². The number of nitrogens with zero attached hydrogens (tertiary/aromatic N) is 1. The van der Waals surface area contributed by atoms with Crippen LogP contribution in [0.15, 0.2) is 35.6 Å². The fourth-order valence-electron chi connectivity index (χ4n) is 1.47. The number of hydrogen-bond donors (Lipinski definition) is 3. The molecule has 7 nitrogen and oxygen atoms in total. The first-order chi connectivity index (χ1) is 9.40. The summed E-state index contributed by atoms with van der Waals surface area (Å²) in [6.07, 6.45) is 2.89. The normalized spacial score (nSPS) is 11.4. The Morgan fingerprint density at radius 3 is 2.80 bits per heavy atom. The van der Waals surface area contributed by atoms with Crippen LogP contribution >= 0.6 is 11.6 Å². The van der Waals surface area contributed by atoms with Crippen LogP contribution in [-0.2, 0) is 16.6 Å². The summed E-state index contributed by atoms with van der Waals surface area (Å²) in [6.45, 7) is -0.00401. The maximum absolute atomic E-state index is 12.1. The van der Waals surface area contributed by atoms with E-state index in [1.807, 2.05) is 0 Å². The lowest BCUT2D eigenvalue weighted by atomic mass is 10.2. The summed E-state index contributed by atoms with van der Waals surface area (Å²) in [4.78, 5) is 17.1. The predicted molar refractivity (Wildman–Crippen MR) is 71.0 cm³/mol. The quantitative estimate of drug-likeness (QED) is 0.768. The zero-order valence-corrected chi connectivity index (χ0v) is 11.6. The monoisotopic (exact) mass is 315 g/mol. The number of halogens is 1. The first-order valence-electron chi connectivity index (χ1n) is 5.40. The number of aromatic carboxylic acids is 1. The van der Waals surface area contributed by atoms with Gasteiger partial charge in [-0.3, -0.25) is 0 Å². The summed E-state index contributed by atoms with van der Waals surface area (Å²) in [5, 5.41) is 8.83. The molecule has 1 heterocycles. The van der Waals surface area contributed by atoms with Crippen LogP contribution in [0, 0.1) is 0 Å². The fraction of sp³-hybridized carbons (Fsp3) is 0.0909. The number of rotatable bonds is 5. The van der Waals surface area contributed by atoms with E-state index in [1.54, 1.807) is 0 Å². The first-order valence-corrected chi connectivity index (χ1v) is 7.26. The Morgan fingerprint density at radius 2 is 2.20 bits per heavy atom. The van der Waals surface area contributed by atoms with Gasteiger partial charge in [0.1, 0.15) is 4.90 Å². The Labute approximate surface area is 119 Å². The Kier molecular flexibility index (Phi) is 4.07. The number of sulfonamides is 1. The van der Waals surface area contributed by atoms with E-state index in [2.05, 4.69) is 14.7 Å². The summed E-state index contributed by atoms with van der Waals surface area (Å²) in [5.74, 6) is -1.23. The molecule has 0 aliphatic carbocycles. The van der Waals surface area contributed by atoms with Gasteiger partial charge in [0, 0.05) is 11.9 Å². The highest BCUT2D eigenvalue weighted by Crippen LogP contribution is 2.22. The first kappa shape index (κ1) is 14.5. The molecule has 0 amide bonds. The zero-order chi connectivity index (χ0) is 14.8. The minimum absolute atomic E-state index is 0.00401. The Morgan fingerprint density at radius 1 is 1.45 bits per heavy atom. The maximum atomic E-state index is 12.1. The number of H-pyrrole nitrogens is 1. The number of carboxylic acid groups (broad SMARTS) is 1. The summed E-state index contributed by atoms with van der Waals surface area (Å²) in [7, 11) is -3.92. The SMILES string of the molecule is O=C(O)c1ccc(Cl)c(S(=O)(=O)NCc2cnc[nH]2)c1. The van der Waals surface area contributed by atoms with Crippen LogP contribution in [0.1, 0.15) is 16.1 Å². The van der Waals surface area contributed by atoms with Crippen molar-refractivity contribution in [2.24, 2.45) is 0 Å². The van der Waals surface area contributed by atoms with Crippen molar-refractivity contribution in [1.29, 1.82) is 0 Å². The van der Waals surface area contributed by atoms with Gasteiger partial charge in [-0.2, -0.15) is 0 Å². The molecule has 0 spiro atoms. The van der Waals surface area contributed by atoms with E-state index in [-0.39, 0.29) is 22.0 Å². The topological polar surface area (TPSA) is 112 Å². The predicted octanol–water partition coefficient (Wildman–Crippen LogP) is 1.24. The van der Waals surface area contributed by atoms with Crippen LogP contribution in [0.5, 0.6) is 0 Å². The van der Waals surface area contributed by atoms with Crippen LogP contribution in [0.3, 0.4) is 0 Å². The number of nitrogens with one attached hydrogen (secondary N) is 2. The molecule has 0 aliphatic rings. The van der Waals surface area contributed by atoms with Gasteiger partial charge < -0.3 is 10.1 Å². The van der Waals surface area contributed by atoms with Crippen LogP contribution in [0.4, 0.5) is 0 Å². The van der Waals surface area contributed by atoms with E-state index >= 15 is 0 Å². The highest BCUT2D eigenvalue weighted by Gasteiger charge is 2.20. The van der Waals surface area contributed by atoms with E-state index in [9.17, 15) is 13.2 Å². The van der Waals surface area contributed by atoms with Gasteiger partial charge in [0.15, 0.2) is 0 Å². The second-order valence-corrected chi connectivity index (χ2v) is 5.99. The minimum Gasteiger partial charge on any atom is -0.478 e. The summed E-state index contributed by atoms with van der Waals surface area (Å²) in [6, 6.07) is 3.48. The lowest BCUT2D eigenvalue weighted by Gasteiger charge is -2.08. The third-order valence-electron chi connectivity index (χ3n) is 2.48. The molecule has 0 bridgehead atoms. The summed E-state index contributed by atoms with van der Waals surface area (Å²) < 4.78 is 26.5. The lowest BCUT2D eigenvalue weighted by Crippen LogP contribution is -2.24. The second kappa shape index (κ2) is 5.61. The lowest BCUT2D eigenvalue weighted by molar-refractivity contribution is 0.0696. The van der Waals surface area contributed by atoms with Crippen molar-refractivity contribution in [3.63, 3.8) is 0 Å². The number of aromatic nitrogens is 2. The van der Waals surface area contributed by atoms with Gasteiger partial charge in [0.25, 0.3) is 0 Å². The Bertz CT molecular complexity index is 728. The van der Waals surface area contributed by atoms with Gasteiger partial charge in [-0.15, -0.1) is 0 Å². The minimum atomic E-state index is -3.92. The third-order valence-corrected chi connectivity index (χ3v) is 4.36. The highest BCUT2D eigenvalue weighted by atomic mass is 35.5. The number of hydrogen-bond acceptors (Lipinski definition) is 4. The zero-order valence-electron chi connectivity index (χ0n) is 10.00. The number of carbonyl (C=O) groups is 1. The van der Waals surface area contributed by atoms with Crippen molar-refractivity contribution in [3.8, 4) is 0 Å². The Balaban J connectivity index is 2.28. The molecule has 3 N–H and O–H groups in total. The highest BCUT2D eigenvalue weighted by molar-refractivity contribution is 7.89. The molecule has 0 unspecified atom stereocenters. The smallest absolute Gasteiger partial charge is 0.335 e. The van der Waals surface area contributed by atoms with Gasteiger partial charge in [-0.25, -0.2) is 22.9 Å². The average molecular weight is 316 g/mol.